The molecule has 4 nitrogen and oxygen atoms in total. The molecule has 0 saturated heterocycles. The summed E-state index contributed by atoms with van der Waals surface area (Å²) in [6.07, 6.45) is 0. The van der Waals surface area contributed by atoms with Gasteiger partial charge in [-0.25, -0.2) is 4.68 Å². The van der Waals surface area contributed by atoms with Gasteiger partial charge in [0.05, 0.1) is 5.70 Å². The average Bonchev–Trinajstić information content (AvgIpc) is 2.98. The molecule has 0 unspecified atom stereocenters. The molecule has 7 heteroatoms. The Balaban J connectivity index is 1.74. The molecule has 1 N–H and O–H groups in total. The Morgan fingerprint density at radius 3 is 2.78 bits per heavy atom. The predicted octanol–water partition coefficient (Wildman–Crippen LogP) is 5.01. The summed E-state index contributed by atoms with van der Waals surface area (Å²) >= 11 is 11.2. The van der Waals surface area contributed by atoms with Crippen LogP contribution in [0.3, 0.4) is 0 Å². The van der Waals surface area contributed by atoms with Crippen LogP contribution < -0.4 is 5.43 Å². The van der Waals surface area contributed by atoms with Gasteiger partial charge in [-0.05, 0) is 18.2 Å². The van der Waals surface area contributed by atoms with Crippen molar-refractivity contribution >= 4 is 45.0 Å². The smallest absolute Gasteiger partial charge is 0.214 e. The molecule has 0 saturated carbocycles. The Hall–Kier alpha value is -1.76. The number of benzene rings is 2. The van der Waals surface area contributed by atoms with Gasteiger partial charge < -0.3 is 0 Å². The number of hydrogen-bond donors (Lipinski definition) is 1. The fourth-order valence-electron chi connectivity index (χ4n) is 2.32. The molecule has 3 aromatic rings. The predicted molar refractivity (Wildman–Crippen MR) is 97.8 cm³/mol. The zero-order valence-corrected chi connectivity index (χ0v) is 14.9. The van der Waals surface area contributed by atoms with Crippen LogP contribution in [0.2, 0.25) is 5.02 Å². The monoisotopic (exact) mass is 404 g/mol. The summed E-state index contributed by atoms with van der Waals surface area (Å²) in [6.45, 7) is 0. The summed E-state index contributed by atoms with van der Waals surface area (Å²) < 4.78 is 2.91. The number of nitrogens with one attached hydrogen (secondary N) is 1. The van der Waals surface area contributed by atoms with Crippen LogP contribution >= 0.6 is 39.3 Å². The molecule has 0 fully saturated rings. The van der Waals surface area contributed by atoms with Crippen molar-refractivity contribution in [3.05, 3.63) is 69.0 Å². The molecule has 114 valence electrons. The maximum Gasteiger partial charge on any atom is 0.214 e. The van der Waals surface area contributed by atoms with E-state index in [1.807, 2.05) is 52.5 Å². The lowest BCUT2D eigenvalue weighted by Crippen LogP contribution is -2.18. The molecule has 0 amide bonds. The average molecular weight is 406 g/mol. The van der Waals surface area contributed by atoms with E-state index in [2.05, 4.69) is 37.6 Å². The van der Waals surface area contributed by atoms with Gasteiger partial charge in [0.15, 0.2) is 5.82 Å². The molecular formula is C16H10BrClN4S. The van der Waals surface area contributed by atoms with Crippen LogP contribution in [0.4, 0.5) is 0 Å². The van der Waals surface area contributed by atoms with Gasteiger partial charge >= 0.3 is 0 Å². The molecule has 1 aromatic heterocycles. The third-order valence-electron chi connectivity index (χ3n) is 3.39. The van der Waals surface area contributed by atoms with E-state index in [4.69, 9.17) is 11.6 Å². The summed E-state index contributed by atoms with van der Waals surface area (Å²) in [5.41, 5.74) is 6.36. The van der Waals surface area contributed by atoms with Gasteiger partial charge in [-0.15, -0.1) is 10.2 Å². The molecule has 23 heavy (non-hydrogen) atoms. The molecule has 0 spiro atoms. The number of nitrogens with zero attached hydrogens (tertiary/aromatic N) is 3. The normalized spacial score (nSPS) is 13.2. The van der Waals surface area contributed by atoms with Crippen LogP contribution in [-0.2, 0) is 0 Å². The first-order valence-electron chi connectivity index (χ1n) is 6.82. The van der Waals surface area contributed by atoms with Crippen LogP contribution in [0.25, 0.3) is 17.1 Å². The highest BCUT2D eigenvalue weighted by molar-refractivity contribution is 9.10. The van der Waals surface area contributed by atoms with E-state index in [0.717, 1.165) is 32.3 Å². The molecule has 0 aliphatic carbocycles. The highest BCUT2D eigenvalue weighted by Gasteiger charge is 2.20. The Kier molecular flexibility index (Phi) is 3.88. The molecule has 4 rings (SSSR count). The van der Waals surface area contributed by atoms with Gasteiger partial charge in [-0.2, -0.15) is 0 Å². The minimum Gasteiger partial charge on any atom is -0.289 e. The van der Waals surface area contributed by atoms with Crippen molar-refractivity contribution in [1.29, 1.82) is 0 Å². The first-order valence-corrected chi connectivity index (χ1v) is 8.87. The topological polar surface area (TPSA) is 42.7 Å². The second kappa shape index (κ2) is 6.03. The van der Waals surface area contributed by atoms with Gasteiger partial charge in [-0.1, -0.05) is 69.6 Å². The molecule has 2 heterocycles. The second-order valence-electron chi connectivity index (χ2n) is 4.89. The van der Waals surface area contributed by atoms with Crippen LogP contribution in [-0.4, -0.2) is 14.9 Å². The minimum absolute atomic E-state index is 0.671. The molecule has 1 aliphatic rings. The number of hydrogen-bond acceptors (Lipinski definition) is 4. The Bertz CT molecular complexity index is 922. The van der Waals surface area contributed by atoms with Gasteiger partial charge in [0, 0.05) is 26.0 Å². The third kappa shape index (κ3) is 2.78. The quantitative estimate of drug-likeness (QED) is 0.651. The van der Waals surface area contributed by atoms with Crippen LogP contribution in [0.15, 0.2) is 63.6 Å². The number of fused-ring (bicyclic) bond motifs is 1. The lowest BCUT2D eigenvalue weighted by Gasteiger charge is -2.19. The van der Waals surface area contributed by atoms with Crippen LogP contribution in [0, 0.1) is 0 Å². The minimum atomic E-state index is 0.671. The lowest BCUT2D eigenvalue weighted by atomic mass is 10.2. The maximum atomic E-state index is 6.09. The van der Waals surface area contributed by atoms with Crippen molar-refractivity contribution in [2.45, 2.75) is 5.16 Å². The van der Waals surface area contributed by atoms with E-state index in [9.17, 15) is 0 Å². The maximum absolute atomic E-state index is 6.09. The van der Waals surface area contributed by atoms with E-state index >= 15 is 0 Å². The van der Waals surface area contributed by atoms with Crippen molar-refractivity contribution in [1.82, 2.24) is 14.9 Å². The summed E-state index contributed by atoms with van der Waals surface area (Å²) in [6, 6.07) is 15.7. The Morgan fingerprint density at radius 2 is 1.96 bits per heavy atom. The second-order valence-corrected chi connectivity index (χ2v) is 7.02. The van der Waals surface area contributed by atoms with Crippen molar-refractivity contribution in [2.24, 2.45) is 0 Å². The Labute approximate surface area is 150 Å². The highest BCUT2D eigenvalue weighted by Crippen LogP contribution is 2.33. The summed E-state index contributed by atoms with van der Waals surface area (Å²) in [4.78, 5) is 0. The molecule has 1 aliphatic heterocycles. The zero-order valence-electron chi connectivity index (χ0n) is 11.7. The molecule has 2 aromatic carbocycles. The standard InChI is InChI=1S/C16H10BrClN4S/c17-13-7-2-1-6-12(13)14-9-23-16-20-19-15(22(16)21-14)10-4-3-5-11(18)8-10/h1-9,21H. The summed E-state index contributed by atoms with van der Waals surface area (Å²) in [7, 11) is 0. The zero-order chi connectivity index (χ0) is 15.8. The van der Waals surface area contributed by atoms with Gasteiger partial charge in [0.25, 0.3) is 0 Å². The van der Waals surface area contributed by atoms with E-state index in [0.29, 0.717) is 5.02 Å². The SMILES string of the molecule is Clc1cccc(-c2nnc3n2NC(c2ccccc2Br)=CS3)c1. The van der Waals surface area contributed by atoms with Gasteiger partial charge in [-0.3, -0.25) is 5.43 Å². The first-order chi connectivity index (χ1) is 11.2. The fourth-order valence-corrected chi connectivity index (χ4v) is 3.74. The number of halogens is 2. The van der Waals surface area contributed by atoms with Gasteiger partial charge in [0.1, 0.15) is 0 Å². The van der Waals surface area contributed by atoms with Crippen molar-refractivity contribution < 1.29 is 0 Å². The van der Waals surface area contributed by atoms with Gasteiger partial charge in [0.2, 0.25) is 5.16 Å². The van der Waals surface area contributed by atoms with E-state index in [1.165, 1.54) is 11.8 Å². The first kappa shape index (κ1) is 14.8. The summed E-state index contributed by atoms with van der Waals surface area (Å²) in [5, 5.41) is 12.0. The summed E-state index contributed by atoms with van der Waals surface area (Å²) in [5.74, 6) is 0.729. The van der Waals surface area contributed by atoms with Crippen molar-refractivity contribution in [3.63, 3.8) is 0 Å². The number of thioether (sulfide) groups is 1. The van der Waals surface area contributed by atoms with Crippen molar-refractivity contribution in [3.8, 4) is 11.4 Å². The number of aromatic nitrogens is 3. The largest absolute Gasteiger partial charge is 0.289 e. The van der Waals surface area contributed by atoms with Crippen LogP contribution in [0.1, 0.15) is 5.56 Å². The fraction of sp³-hybridized carbons (Fsp3) is 0. The molecular weight excluding hydrogens is 396 g/mol. The van der Waals surface area contributed by atoms with E-state index < -0.39 is 0 Å². The van der Waals surface area contributed by atoms with E-state index in [-0.39, 0.29) is 0 Å². The third-order valence-corrected chi connectivity index (χ3v) is 5.15. The highest BCUT2D eigenvalue weighted by atomic mass is 79.9. The number of rotatable bonds is 2. The van der Waals surface area contributed by atoms with Crippen molar-refractivity contribution in [2.75, 3.05) is 5.43 Å². The molecule has 0 bridgehead atoms. The Morgan fingerprint density at radius 1 is 1.09 bits per heavy atom. The van der Waals surface area contributed by atoms with E-state index in [1.54, 1.807) is 0 Å². The lowest BCUT2D eigenvalue weighted by molar-refractivity contribution is 0.826. The molecule has 0 atom stereocenters. The van der Waals surface area contributed by atoms with Crippen LogP contribution in [0.5, 0.6) is 0 Å². The molecule has 0 radical (unpaired) electrons.